The second-order valence-electron chi connectivity index (χ2n) is 3.31. The average molecular weight is 330 g/mol. The Morgan fingerprint density at radius 3 is 2.78 bits per heavy atom. The van der Waals surface area contributed by atoms with Crippen LogP contribution in [0.25, 0.3) is 0 Å². The van der Waals surface area contributed by atoms with Gasteiger partial charge in [0.2, 0.25) is 5.75 Å². The lowest BCUT2D eigenvalue weighted by molar-refractivity contribution is -0.385. The molecule has 0 unspecified atom stereocenters. The Balaban J connectivity index is 2.37. The zero-order valence-electron chi connectivity index (χ0n) is 8.84. The Hall–Kier alpha value is -1.66. The van der Waals surface area contributed by atoms with Gasteiger partial charge in [-0.25, -0.2) is 0 Å². The third-order valence-electron chi connectivity index (χ3n) is 2.03. The van der Waals surface area contributed by atoms with E-state index in [1.807, 2.05) is 0 Å². The van der Waals surface area contributed by atoms with Crippen LogP contribution in [-0.2, 0) is 0 Å². The number of hydrogen-bond donors (Lipinski definition) is 0. The topological polar surface area (TPSA) is 65.3 Å². The molecule has 2 rings (SSSR count). The van der Waals surface area contributed by atoms with Gasteiger partial charge in [0, 0.05) is 21.8 Å². The first-order valence-electron chi connectivity index (χ1n) is 4.78. The number of halogens is 2. The molecular formula is C11H6BrClN2O3. The molecule has 0 radical (unpaired) electrons. The van der Waals surface area contributed by atoms with Crippen molar-refractivity contribution in [1.82, 2.24) is 4.98 Å². The molecule has 2 aromatic rings. The van der Waals surface area contributed by atoms with Gasteiger partial charge < -0.3 is 4.74 Å². The quantitative estimate of drug-likeness (QED) is 0.625. The summed E-state index contributed by atoms with van der Waals surface area (Å²) >= 11 is 8.95. The fourth-order valence-corrected chi connectivity index (χ4v) is 1.80. The van der Waals surface area contributed by atoms with Crippen molar-refractivity contribution in [3.63, 3.8) is 0 Å². The lowest BCUT2D eigenvalue weighted by Gasteiger charge is -2.06. The van der Waals surface area contributed by atoms with Crippen molar-refractivity contribution in [3.8, 4) is 11.5 Å². The van der Waals surface area contributed by atoms with E-state index in [1.165, 1.54) is 24.4 Å². The van der Waals surface area contributed by atoms with Crippen LogP contribution in [0.5, 0.6) is 11.5 Å². The number of ether oxygens (including phenoxy) is 1. The molecule has 5 nitrogen and oxygen atoms in total. The summed E-state index contributed by atoms with van der Waals surface area (Å²) in [6, 6.07) is 5.87. The van der Waals surface area contributed by atoms with E-state index in [2.05, 4.69) is 20.9 Å². The van der Waals surface area contributed by atoms with Gasteiger partial charge in [0.05, 0.1) is 11.1 Å². The summed E-state index contributed by atoms with van der Waals surface area (Å²) in [4.78, 5) is 14.2. The molecule has 1 aromatic carbocycles. The van der Waals surface area contributed by atoms with Crippen molar-refractivity contribution in [3.05, 3.63) is 56.3 Å². The molecule has 0 N–H and O–H groups in total. The van der Waals surface area contributed by atoms with Gasteiger partial charge in [0.15, 0.2) is 0 Å². The van der Waals surface area contributed by atoms with Crippen LogP contribution in [0.15, 0.2) is 41.1 Å². The highest BCUT2D eigenvalue weighted by atomic mass is 79.9. The van der Waals surface area contributed by atoms with Crippen molar-refractivity contribution >= 4 is 33.2 Å². The summed E-state index contributed by atoms with van der Waals surface area (Å²) in [5.74, 6) is 0.513. The molecule has 7 heteroatoms. The van der Waals surface area contributed by atoms with Gasteiger partial charge in [-0.05, 0) is 34.1 Å². The van der Waals surface area contributed by atoms with E-state index in [0.717, 1.165) is 4.47 Å². The van der Waals surface area contributed by atoms with E-state index in [1.54, 1.807) is 12.3 Å². The highest BCUT2D eigenvalue weighted by Crippen LogP contribution is 2.33. The molecule has 0 aliphatic rings. The minimum atomic E-state index is -0.549. The molecular weight excluding hydrogens is 323 g/mol. The zero-order chi connectivity index (χ0) is 13.1. The molecule has 1 aromatic heterocycles. The van der Waals surface area contributed by atoms with Gasteiger partial charge in [0.25, 0.3) is 0 Å². The summed E-state index contributed by atoms with van der Waals surface area (Å²) in [5, 5.41) is 11.2. The number of hydrogen-bond acceptors (Lipinski definition) is 4. The van der Waals surface area contributed by atoms with Crippen LogP contribution in [0, 0.1) is 10.1 Å². The third-order valence-corrected chi connectivity index (χ3v) is 2.69. The van der Waals surface area contributed by atoms with Gasteiger partial charge in [-0.2, -0.15) is 0 Å². The van der Waals surface area contributed by atoms with Crippen LogP contribution in [0.3, 0.4) is 0 Å². The first-order chi connectivity index (χ1) is 8.56. The predicted molar refractivity (Wildman–Crippen MR) is 70.1 cm³/mol. The van der Waals surface area contributed by atoms with Crippen molar-refractivity contribution in [2.45, 2.75) is 0 Å². The monoisotopic (exact) mass is 328 g/mol. The fraction of sp³-hybridized carbons (Fsp3) is 0. The second kappa shape index (κ2) is 5.32. The minimum Gasteiger partial charge on any atom is -0.448 e. The number of nitro benzene ring substituents is 1. The molecule has 0 aliphatic heterocycles. The number of nitro groups is 1. The van der Waals surface area contributed by atoms with Gasteiger partial charge in [-0.1, -0.05) is 11.6 Å². The average Bonchev–Trinajstić information content (AvgIpc) is 2.31. The van der Waals surface area contributed by atoms with E-state index in [0.29, 0.717) is 5.75 Å². The first-order valence-corrected chi connectivity index (χ1v) is 5.96. The van der Waals surface area contributed by atoms with Gasteiger partial charge >= 0.3 is 5.69 Å². The largest absolute Gasteiger partial charge is 0.448 e. The first kappa shape index (κ1) is 12.8. The molecule has 92 valence electrons. The lowest BCUT2D eigenvalue weighted by Crippen LogP contribution is -1.93. The number of rotatable bonds is 3. The predicted octanol–water partition coefficient (Wildman–Crippen LogP) is 4.20. The van der Waals surface area contributed by atoms with Crippen molar-refractivity contribution < 1.29 is 9.66 Å². The molecule has 0 spiro atoms. The van der Waals surface area contributed by atoms with Crippen LogP contribution in [0.4, 0.5) is 5.69 Å². The van der Waals surface area contributed by atoms with E-state index in [9.17, 15) is 10.1 Å². The second-order valence-corrected chi connectivity index (χ2v) is 4.66. The van der Waals surface area contributed by atoms with E-state index in [4.69, 9.17) is 16.3 Å². The SMILES string of the molecule is O=[N+]([O-])c1cc(Cl)ccc1Oc1cncc(Br)c1. The number of nitrogens with zero attached hydrogens (tertiary/aromatic N) is 2. The Kier molecular flexibility index (Phi) is 3.78. The Morgan fingerprint density at radius 2 is 2.11 bits per heavy atom. The standard InChI is InChI=1S/C11H6BrClN2O3/c12-7-3-9(6-14-5-7)18-11-2-1-8(13)4-10(11)15(16)17/h1-6H. The summed E-state index contributed by atoms with van der Waals surface area (Å²) in [6.07, 6.45) is 3.05. The Morgan fingerprint density at radius 1 is 1.33 bits per heavy atom. The van der Waals surface area contributed by atoms with Crippen molar-refractivity contribution in [2.75, 3.05) is 0 Å². The summed E-state index contributed by atoms with van der Waals surface area (Å²) < 4.78 is 6.13. The Labute approximate surface area is 116 Å². The van der Waals surface area contributed by atoms with Crippen LogP contribution in [-0.4, -0.2) is 9.91 Å². The Bertz CT molecular complexity index is 607. The lowest BCUT2D eigenvalue weighted by atomic mass is 10.3. The molecule has 1 heterocycles. The molecule has 0 amide bonds. The van der Waals surface area contributed by atoms with Gasteiger partial charge in [-0.15, -0.1) is 0 Å². The molecule has 0 bridgehead atoms. The van der Waals surface area contributed by atoms with Crippen LogP contribution < -0.4 is 4.74 Å². The van der Waals surface area contributed by atoms with Gasteiger partial charge in [0.1, 0.15) is 5.75 Å². The number of benzene rings is 1. The molecule has 0 aliphatic carbocycles. The molecule has 0 saturated carbocycles. The maximum Gasteiger partial charge on any atom is 0.313 e. The number of pyridine rings is 1. The van der Waals surface area contributed by atoms with Crippen LogP contribution in [0.2, 0.25) is 5.02 Å². The maximum absolute atomic E-state index is 10.9. The summed E-state index contributed by atoms with van der Waals surface area (Å²) in [6.45, 7) is 0. The van der Waals surface area contributed by atoms with E-state index in [-0.39, 0.29) is 16.5 Å². The van der Waals surface area contributed by atoms with Gasteiger partial charge in [-0.3, -0.25) is 15.1 Å². The van der Waals surface area contributed by atoms with Crippen LogP contribution >= 0.6 is 27.5 Å². The molecule has 0 fully saturated rings. The summed E-state index contributed by atoms with van der Waals surface area (Å²) in [5.41, 5.74) is -0.192. The normalized spacial score (nSPS) is 10.1. The van der Waals surface area contributed by atoms with E-state index >= 15 is 0 Å². The van der Waals surface area contributed by atoms with Crippen LogP contribution in [0.1, 0.15) is 0 Å². The smallest absolute Gasteiger partial charge is 0.313 e. The zero-order valence-corrected chi connectivity index (χ0v) is 11.2. The maximum atomic E-state index is 10.9. The molecule has 0 saturated heterocycles. The fourth-order valence-electron chi connectivity index (χ4n) is 1.29. The minimum absolute atomic E-state index is 0.115. The number of aromatic nitrogens is 1. The summed E-state index contributed by atoms with van der Waals surface area (Å²) in [7, 11) is 0. The molecule has 0 atom stereocenters. The molecule has 18 heavy (non-hydrogen) atoms. The van der Waals surface area contributed by atoms with Crippen molar-refractivity contribution in [2.24, 2.45) is 0 Å². The third kappa shape index (κ3) is 2.96. The highest BCUT2D eigenvalue weighted by molar-refractivity contribution is 9.10. The van der Waals surface area contributed by atoms with Crippen molar-refractivity contribution in [1.29, 1.82) is 0 Å². The van der Waals surface area contributed by atoms with E-state index < -0.39 is 4.92 Å². The highest BCUT2D eigenvalue weighted by Gasteiger charge is 2.16.